The highest BCUT2D eigenvalue weighted by molar-refractivity contribution is 9.10. The number of hydrogen-bond donors (Lipinski definition) is 2. The highest BCUT2D eigenvalue weighted by Crippen LogP contribution is 2.39. The molecule has 6 nitrogen and oxygen atoms in total. The third-order valence-corrected chi connectivity index (χ3v) is 5.19. The summed E-state index contributed by atoms with van der Waals surface area (Å²) in [7, 11) is -3.90. The molecule has 1 aliphatic carbocycles. The third-order valence-electron chi connectivity index (χ3n) is 3.42. The van der Waals surface area contributed by atoms with Crippen molar-refractivity contribution in [3.63, 3.8) is 0 Å². The van der Waals surface area contributed by atoms with Crippen molar-refractivity contribution >= 4 is 31.9 Å². The zero-order chi connectivity index (χ0) is 14.3. The molecular weight excluding hydrogens is 336 g/mol. The summed E-state index contributed by atoms with van der Waals surface area (Å²) in [5.41, 5.74) is 0.141. The molecule has 0 atom stereocenters. The summed E-state index contributed by atoms with van der Waals surface area (Å²) < 4.78 is 27.4. The molecule has 0 aliphatic heterocycles. The fourth-order valence-electron chi connectivity index (χ4n) is 2.00. The lowest BCUT2D eigenvalue weighted by Gasteiger charge is -2.38. The van der Waals surface area contributed by atoms with Crippen molar-refractivity contribution in [2.75, 3.05) is 6.54 Å². The van der Waals surface area contributed by atoms with Crippen LogP contribution >= 0.6 is 15.9 Å². The average molecular weight is 351 g/mol. The van der Waals surface area contributed by atoms with Crippen LogP contribution in [0.1, 0.15) is 36.7 Å². The van der Waals surface area contributed by atoms with E-state index in [1.54, 1.807) is 0 Å². The number of rotatable bonds is 4. The number of halogens is 1. The maximum atomic E-state index is 11.9. The number of carbonyl (C=O) groups is 1. The maximum Gasteiger partial charge on any atom is 0.287 e. The number of primary sulfonamides is 1. The molecule has 0 unspecified atom stereocenters. The largest absolute Gasteiger partial charge is 0.443 e. The smallest absolute Gasteiger partial charge is 0.287 e. The number of nitrogens with one attached hydrogen (secondary N) is 1. The van der Waals surface area contributed by atoms with E-state index in [9.17, 15) is 13.2 Å². The van der Waals surface area contributed by atoms with Crippen molar-refractivity contribution in [3.8, 4) is 0 Å². The first-order chi connectivity index (χ1) is 8.71. The van der Waals surface area contributed by atoms with Crippen LogP contribution in [0, 0.1) is 5.41 Å². The van der Waals surface area contributed by atoms with Gasteiger partial charge in [0.15, 0.2) is 10.4 Å². The van der Waals surface area contributed by atoms with Gasteiger partial charge in [-0.25, -0.2) is 13.6 Å². The van der Waals surface area contributed by atoms with E-state index in [4.69, 9.17) is 9.56 Å². The molecule has 0 spiro atoms. The zero-order valence-electron chi connectivity index (χ0n) is 10.4. The molecule has 1 heterocycles. The minimum Gasteiger partial charge on any atom is -0.443 e. The van der Waals surface area contributed by atoms with E-state index in [1.807, 2.05) is 0 Å². The van der Waals surface area contributed by atoms with Gasteiger partial charge in [0.2, 0.25) is 10.0 Å². The van der Waals surface area contributed by atoms with Crippen LogP contribution in [0.3, 0.4) is 0 Å². The van der Waals surface area contributed by atoms with Gasteiger partial charge in [-0.2, -0.15) is 0 Å². The molecule has 1 aliphatic rings. The number of carbonyl (C=O) groups excluding carboxylic acids is 1. The average Bonchev–Trinajstić information content (AvgIpc) is 2.65. The molecular formula is C11H15BrN2O4S. The lowest BCUT2D eigenvalue weighted by atomic mass is 9.70. The van der Waals surface area contributed by atoms with Crippen molar-refractivity contribution in [1.29, 1.82) is 0 Å². The first-order valence-electron chi connectivity index (χ1n) is 5.82. The van der Waals surface area contributed by atoms with E-state index >= 15 is 0 Å². The summed E-state index contributed by atoms with van der Waals surface area (Å²) in [5.74, 6) is -0.512. The first kappa shape index (κ1) is 14.5. The summed E-state index contributed by atoms with van der Waals surface area (Å²) >= 11 is 2.93. The highest BCUT2D eigenvalue weighted by Gasteiger charge is 2.32. The minimum absolute atomic E-state index is 0.0602. The SMILES string of the molecule is CC1(CNC(=O)c2cc(S(N)(=O)=O)c(Br)o2)CCC1. The monoisotopic (exact) mass is 350 g/mol. The van der Waals surface area contributed by atoms with E-state index in [2.05, 4.69) is 28.2 Å². The van der Waals surface area contributed by atoms with Crippen LogP contribution in [0.25, 0.3) is 0 Å². The van der Waals surface area contributed by atoms with Crippen molar-refractivity contribution < 1.29 is 17.6 Å². The summed E-state index contributed by atoms with van der Waals surface area (Å²) in [6.07, 6.45) is 3.34. The molecule has 1 saturated carbocycles. The fraction of sp³-hybridized carbons (Fsp3) is 0.545. The van der Waals surface area contributed by atoms with Crippen LogP contribution in [-0.4, -0.2) is 20.9 Å². The second kappa shape index (κ2) is 4.92. The van der Waals surface area contributed by atoms with Gasteiger partial charge in [-0.15, -0.1) is 0 Å². The van der Waals surface area contributed by atoms with Gasteiger partial charge in [-0.3, -0.25) is 4.79 Å². The normalized spacial score (nSPS) is 17.8. The van der Waals surface area contributed by atoms with Gasteiger partial charge in [0, 0.05) is 12.6 Å². The molecule has 0 aromatic carbocycles. The Morgan fingerprint density at radius 2 is 2.21 bits per heavy atom. The van der Waals surface area contributed by atoms with Gasteiger partial charge in [0.05, 0.1) is 0 Å². The highest BCUT2D eigenvalue weighted by atomic mass is 79.9. The molecule has 8 heteroatoms. The Kier molecular flexibility index (Phi) is 3.76. The van der Waals surface area contributed by atoms with Gasteiger partial charge >= 0.3 is 0 Å². The molecule has 1 aromatic rings. The van der Waals surface area contributed by atoms with E-state index < -0.39 is 15.9 Å². The number of sulfonamides is 1. The van der Waals surface area contributed by atoms with Crippen molar-refractivity contribution in [2.24, 2.45) is 10.6 Å². The Morgan fingerprint density at radius 1 is 1.58 bits per heavy atom. The molecule has 106 valence electrons. The van der Waals surface area contributed by atoms with E-state index in [0.29, 0.717) is 6.54 Å². The Bertz CT molecular complexity index is 604. The van der Waals surface area contributed by atoms with Gasteiger partial charge in [-0.05, 0) is 34.2 Å². The third kappa shape index (κ3) is 3.18. The lowest BCUT2D eigenvalue weighted by molar-refractivity contribution is 0.0862. The number of nitrogens with two attached hydrogens (primary N) is 1. The van der Waals surface area contributed by atoms with E-state index in [-0.39, 0.29) is 20.7 Å². The number of hydrogen-bond acceptors (Lipinski definition) is 4. The topological polar surface area (TPSA) is 102 Å². The van der Waals surface area contributed by atoms with Crippen LogP contribution in [0.5, 0.6) is 0 Å². The van der Waals surface area contributed by atoms with Crippen LogP contribution in [-0.2, 0) is 10.0 Å². The molecule has 1 aromatic heterocycles. The molecule has 1 fully saturated rings. The molecule has 0 saturated heterocycles. The number of amides is 1. The molecule has 2 rings (SSSR count). The van der Waals surface area contributed by atoms with E-state index in [1.165, 1.54) is 6.42 Å². The second-order valence-corrected chi connectivity index (χ2v) is 7.39. The standard InChI is InChI=1S/C11H15BrN2O4S/c1-11(3-2-4-11)6-14-10(15)7-5-8(9(12)18-7)19(13,16)17/h5H,2-4,6H2,1H3,(H,14,15)(H2,13,16,17). The van der Waals surface area contributed by atoms with E-state index in [0.717, 1.165) is 18.9 Å². The first-order valence-corrected chi connectivity index (χ1v) is 8.16. The Balaban J connectivity index is 2.08. The second-order valence-electron chi connectivity index (χ2n) is 5.14. The predicted octanol–water partition coefficient (Wildman–Crippen LogP) is 1.61. The molecule has 0 radical (unpaired) electrons. The fourth-order valence-corrected chi connectivity index (χ4v) is 3.50. The van der Waals surface area contributed by atoms with Crippen molar-refractivity contribution in [2.45, 2.75) is 31.1 Å². The maximum absolute atomic E-state index is 11.9. The van der Waals surface area contributed by atoms with Crippen molar-refractivity contribution in [1.82, 2.24) is 5.32 Å². The van der Waals surface area contributed by atoms with Crippen LogP contribution < -0.4 is 10.5 Å². The number of furan rings is 1. The molecule has 19 heavy (non-hydrogen) atoms. The molecule has 1 amide bonds. The zero-order valence-corrected chi connectivity index (χ0v) is 12.8. The summed E-state index contributed by atoms with van der Waals surface area (Å²) in [6.45, 7) is 2.65. The molecule has 0 bridgehead atoms. The van der Waals surface area contributed by atoms with Crippen LogP contribution in [0.2, 0.25) is 0 Å². The Morgan fingerprint density at radius 3 is 2.63 bits per heavy atom. The van der Waals surface area contributed by atoms with Crippen LogP contribution in [0.15, 0.2) is 20.0 Å². The quantitative estimate of drug-likeness (QED) is 0.860. The van der Waals surface area contributed by atoms with Gasteiger partial charge in [0.25, 0.3) is 5.91 Å². The summed E-state index contributed by atoms with van der Waals surface area (Å²) in [4.78, 5) is 11.6. The van der Waals surface area contributed by atoms with Crippen molar-refractivity contribution in [3.05, 3.63) is 16.5 Å². The summed E-state index contributed by atoms with van der Waals surface area (Å²) in [5, 5.41) is 7.74. The Labute approximate surface area is 119 Å². The van der Waals surface area contributed by atoms with Crippen LogP contribution in [0.4, 0.5) is 0 Å². The van der Waals surface area contributed by atoms with Gasteiger partial charge in [-0.1, -0.05) is 13.3 Å². The Hall–Kier alpha value is -0.860. The predicted molar refractivity (Wildman–Crippen MR) is 72.1 cm³/mol. The van der Waals surface area contributed by atoms with Gasteiger partial charge in [0.1, 0.15) is 4.90 Å². The van der Waals surface area contributed by atoms with Gasteiger partial charge < -0.3 is 9.73 Å². The summed E-state index contributed by atoms with van der Waals surface area (Å²) in [6, 6.07) is 1.12. The molecule has 3 N–H and O–H groups in total. The lowest BCUT2D eigenvalue weighted by Crippen LogP contribution is -2.39. The minimum atomic E-state index is -3.90.